The van der Waals surface area contributed by atoms with Crippen LogP contribution < -0.4 is 20.9 Å². The lowest BCUT2D eigenvalue weighted by Crippen LogP contribution is -2.11. The van der Waals surface area contributed by atoms with E-state index in [0.29, 0.717) is 0 Å². The molecule has 0 saturated carbocycles. The standard InChI is InChI=1S/C61H49N5/c1-40-23-20-36-50(42(40)3)63-59-55(45-27-10-5-11-28-45)58(62-49-35-19-16-22-41(49)2)61-57(60(59)64-51-37-21-29-43-24-17-18-34-48(43)51)56-52(65-61)38-39-53(54(56)44-25-8-4-9-26-44)66(46-30-12-6-13-31-46)47-32-14-7-15-33-47/h4-39,62-65H,1-3H3. The van der Waals surface area contributed by atoms with Gasteiger partial charge >= 0.3 is 0 Å². The molecular formula is C61H49N5. The molecule has 318 valence electrons. The highest BCUT2D eigenvalue weighted by Gasteiger charge is 2.29. The van der Waals surface area contributed by atoms with Crippen molar-refractivity contribution in [2.24, 2.45) is 0 Å². The molecule has 0 aliphatic heterocycles. The minimum atomic E-state index is 0.958. The Morgan fingerprint density at radius 2 is 0.894 bits per heavy atom. The monoisotopic (exact) mass is 851 g/mol. The van der Waals surface area contributed by atoms with Crippen molar-refractivity contribution in [1.29, 1.82) is 0 Å². The predicted molar refractivity (Wildman–Crippen MR) is 282 cm³/mol. The van der Waals surface area contributed by atoms with Crippen LogP contribution in [0.2, 0.25) is 0 Å². The van der Waals surface area contributed by atoms with E-state index in [-0.39, 0.29) is 0 Å². The summed E-state index contributed by atoms with van der Waals surface area (Å²) in [6.07, 6.45) is 0. The molecule has 5 heteroatoms. The number of aryl methyl sites for hydroxylation is 2. The van der Waals surface area contributed by atoms with Gasteiger partial charge in [-0.05, 0) is 109 Å². The number of nitrogens with zero attached hydrogens (tertiary/aromatic N) is 1. The smallest absolute Gasteiger partial charge is 0.0733 e. The molecule has 1 heterocycles. The first kappa shape index (κ1) is 40.2. The average Bonchev–Trinajstić information content (AvgIpc) is 3.76. The number of hydrogen-bond donors (Lipinski definition) is 4. The first-order valence-electron chi connectivity index (χ1n) is 22.6. The van der Waals surface area contributed by atoms with Gasteiger partial charge in [0, 0.05) is 61.2 Å². The third kappa shape index (κ3) is 7.27. The largest absolute Gasteiger partial charge is 0.353 e. The molecule has 0 radical (unpaired) electrons. The van der Waals surface area contributed by atoms with Crippen molar-refractivity contribution < 1.29 is 0 Å². The summed E-state index contributed by atoms with van der Waals surface area (Å²) in [5.41, 5.74) is 19.1. The molecule has 0 fully saturated rings. The molecule has 0 spiro atoms. The van der Waals surface area contributed by atoms with Crippen molar-refractivity contribution in [2.75, 3.05) is 20.9 Å². The van der Waals surface area contributed by atoms with Gasteiger partial charge in [-0.2, -0.15) is 0 Å². The van der Waals surface area contributed by atoms with Crippen LogP contribution in [0.5, 0.6) is 0 Å². The van der Waals surface area contributed by atoms with E-state index in [9.17, 15) is 0 Å². The fourth-order valence-corrected chi connectivity index (χ4v) is 9.49. The predicted octanol–water partition coefficient (Wildman–Crippen LogP) is 17.4. The van der Waals surface area contributed by atoms with Crippen molar-refractivity contribution in [1.82, 2.24) is 4.98 Å². The lowest BCUT2D eigenvalue weighted by Gasteiger charge is -2.29. The molecule has 0 unspecified atom stereocenters. The van der Waals surface area contributed by atoms with E-state index in [1.807, 2.05) is 0 Å². The van der Waals surface area contributed by atoms with Gasteiger partial charge in [-0.1, -0.05) is 164 Å². The fraction of sp³-hybridized carbons (Fsp3) is 0.0492. The fourth-order valence-electron chi connectivity index (χ4n) is 9.49. The van der Waals surface area contributed by atoms with E-state index in [2.05, 4.69) is 265 Å². The summed E-state index contributed by atoms with van der Waals surface area (Å²) in [5.74, 6) is 0. The summed E-state index contributed by atoms with van der Waals surface area (Å²) in [5, 5.41) is 16.8. The number of aromatic nitrogens is 1. The van der Waals surface area contributed by atoms with Gasteiger partial charge < -0.3 is 25.8 Å². The zero-order chi connectivity index (χ0) is 44.6. The van der Waals surface area contributed by atoms with E-state index >= 15 is 0 Å². The molecule has 1 aromatic heterocycles. The number of anilines is 9. The quantitative estimate of drug-likeness (QED) is 0.105. The van der Waals surface area contributed by atoms with Crippen LogP contribution in [0, 0.1) is 20.8 Å². The molecule has 66 heavy (non-hydrogen) atoms. The number of para-hydroxylation sites is 3. The summed E-state index contributed by atoms with van der Waals surface area (Å²) in [6, 6.07) is 77.8. The van der Waals surface area contributed by atoms with Crippen molar-refractivity contribution in [3.05, 3.63) is 235 Å². The van der Waals surface area contributed by atoms with Gasteiger partial charge in [-0.15, -0.1) is 0 Å². The number of nitrogens with one attached hydrogen (secondary N) is 4. The van der Waals surface area contributed by atoms with Crippen LogP contribution in [0.15, 0.2) is 218 Å². The molecule has 11 rings (SSSR count). The number of aromatic amines is 1. The Bertz CT molecular complexity index is 3480. The van der Waals surface area contributed by atoms with E-state index in [1.54, 1.807) is 0 Å². The van der Waals surface area contributed by atoms with Crippen LogP contribution in [0.1, 0.15) is 16.7 Å². The van der Waals surface area contributed by atoms with Crippen LogP contribution in [-0.4, -0.2) is 4.98 Å². The molecular weight excluding hydrogens is 803 g/mol. The minimum absolute atomic E-state index is 0.958. The van der Waals surface area contributed by atoms with Crippen LogP contribution >= 0.6 is 0 Å². The second-order valence-electron chi connectivity index (χ2n) is 17.0. The number of rotatable bonds is 11. The number of hydrogen-bond acceptors (Lipinski definition) is 4. The zero-order valence-corrected chi connectivity index (χ0v) is 37.2. The normalized spacial score (nSPS) is 11.3. The van der Waals surface area contributed by atoms with Gasteiger partial charge in [-0.3, -0.25) is 0 Å². The molecule has 0 amide bonds. The Hall–Kier alpha value is -8.54. The van der Waals surface area contributed by atoms with Crippen molar-refractivity contribution in [3.63, 3.8) is 0 Å². The molecule has 4 N–H and O–H groups in total. The van der Waals surface area contributed by atoms with Gasteiger partial charge in [0.2, 0.25) is 0 Å². The third-order valence-corrected chi connectivity index (χ3v) is 12.9. The molecule has 5 nitrogen and oxygen atoms in total. The Balaban J connectivity index is 1.36. The van der Waals surface area contributed by atoms with Gasteiger partial charge in [0.1, 0.15) is 0 Å². The Kier molecular flexibility index (Phi) is 10.5. The molecule has 0 saturated heterocycles. The molecule has 0 atom stereocenters. The van der Waals surface area contributed by atoms with Gasteiger partial charge in [0.25, 0.3) is 0 Å². The highest BCUT2D eigenvalue weighted by molar-refractivity contribution is 6.29. The van der Waals surface area contributed by atoms with Crippen molar-refractivity contribution in [3.8, 4) is 22.3 Å². The summed E-state index contributed by atoms with van der Waals surface area (Å²) < 4.78 is 0. The summed E-state index contributed by atoms with van der Waals surface area (Å²) in [6.45, 7) is 6.55. The maximum Gasteiger partial charge on any atom is 0.0733 e. The molecule has 0 bridgehead atoms. The number of benzene rings is 10. The molecule has 0 aliphatic carbocycles. The summed E-state index contributed by atoms with van der Waals surface area (Å²) in [4.78, 5) is 6.47. The topological polar surface area (TPSA) is 55.1 Å². The van der Waals surface area contributed by atoms with Gasteiger partial charge in [-0.25, -0.2) is 0 Å². The molecule has 11 aromatic rings. The lowest BCUT2D eigenvalue weighted by atomic mass is 9.91. The van der Waals surface area contributed by atoms with Crippen molar-refractivity contribution in [2.45, 2.75) is 20.8 Å². The van der Waals surface area contributed by atoms with E-state index in [1.165, 1.54) is 11.1 Å². The minimum Gasteiger partial charge on any atom is -0.353 e. The number of H-pyrrole nitrogens is 1. The highest BCUT2D eigenvalue weighted by Crippen LogP contribution is 2.55. The van der Waals surface area contributed by atoms with E-state index in [0.717, 1.165) is 112 Å². The van der Waals surface area contributed by atoms with Crippen LogP contribution in [0.25, 0.3) is 54.8 Å². The van der Waals surface area contributed by atoms with Gasteiger partial charge in [0.15, 0.2) is 0 Å². The third-order valence-electron chi connectivity index (χ3n) is 12.9. The summed E-state index contributed by atoms with van der Waals surface area (Å²) >= 11 is 0. The zero-order valence-electron chi connectivity index (χ0n) is 37.2. The van der Waals surface area contributed by atoms with Crippen LogP contribution in [-0.2, 0) is 0 Å². The Labute approximate surface area is 386 Å². The average molecular weight is 852 g/mol. The molecule has 10 aromatic carbocycles. The second-order valence-corrected chi connectivity index (χ2v) is 17.0. The first-order valence-corrected chi connectivity index (χ1v) is 22.6. The lowest BCUT2D eigenvalue weighted by molar-refractivity contribution is 1.29. The number of fused-ring (bicyclic) bond motifs is 4. The van der Waals surface area contributed by atoms with E-state index in [4.69, 9.17) is 0 Å². The van der Waals surface area contributed by atoms with Crippen LogP contribution in [0.3, 0.4) is 0 Å². The van der Waals surface area contributed by atoms with Gasteiger partial charge in [0.05, 0.1) is 28.3 Å². The van der Waals surface area contributed by atoms with Crippen molar-refractivity contribution >= 4 is 83.8 Å². The first-order chi connectivity index (χ1) is 32.5. The maximum absolute atomic E-state index is 4.17. The van der Waals surface area contributed by atoms with Crippen LogP contribution in [0.4, 0.5) is 51.2 Å². The SMILES string of the molecule is Cc1ccccc1Nc1c(-c2ccccc2)c(Nc2cccc(C)c2C)c(Nc2cccc3ccccc23)c2c1[nH]c1ccc(N(c3ccccc3)c3ccccc3)c(-c3ccccc3)c12. The second kappa shape index (κ2) is 17.2. The Morgan fingerprint density at radius 3 is 1.59 bits per heavy atom. The maximum atomic E-state index is 4.17. The Morgan fingerprint density at radius 1 is 0.379 bits per heavy atom. The molecule has 0 aliphatic rings. The highest BCUT2D eigenvalue weighted by atomic mass is 15.1. The summed E-state index contributed by atoms with van der Waals surface area (Å²) in [7, 11) is 0. The van der Waals surface area contributed by atoms with E-state index < -0.39 is 0 Å².